The van der Waals surface area contributed by atoms with E-state index in [9.17, 15) is 22.8 Å². The molecule has 7 heteroatoms. The second kappa shape index (κ2) is 8.64. The van der Waals surface area contributed by atoms with Crippen LogP contribution in [0, 0.1) is 23.7 Å². The number of alkyl halides is 3. The minimum absolute atomic E-state index is 0.119. The Kier molecular flexibility index (Phi) is 6.88. The Balaban J connectivity index is 3.06. The first-order valence-electron chi connectivity index (χ1n) is 6.89. The molecule has 0 radical (unpaired) electrons. The van der Waals surface area contributed by atoms with Crippen LogP contribution in [0.2, 0.25) is 0 Å². The van der Waals surface area contributed by atoms with Gasteiger partial charge in [0, 0.05) is 6.54 Å². The highest BCUT2D eigenvalue weighted by molar-refractivity contribution is 5.94. The molecule has 1 aromatic carbocycles. The number of hydrogen-bond acceptors (Lipinski definition) is 2. The van der Waals surface area contributed by atoms with Crippen LogP contribution < -0.4 is 10.6 Å². The molecule has 0 unspecified atom stereocenters. The Morgan fingerprint density at radius 2 is 1.75 bits per heavy atom. The molecule has 126 valence electrons. The van der Waals surface area contributed by atoms with Crippen molar-refractivity contribution in [2.75, 3.05) is 6.54 Å². The molecule has 0 bridgehead atoms. The molecule has 0 saturated heterocycles. The molecule has 1 rings (SSSR count). The molecule has 0 heterocycles. The molecule has 24 heavy (non-hydrogen) atoms. The van der Waals surface area contributed by atoms with Crippen molar-refractivity contribution in [3.8, 4) is 23.7 Å². The van der Waals surface area contributed by atoms with Gasteiger partial charge in [0.2, 0.25) is 0 Å². The Bertz CT molecular complexity index is 734. The summed E-state index contributed by atoms with van der Waals surface area (Å²) in [5, 5.41) is 4.90. The lowest BCUT2D eigenvalue weighted by molar-refractivity contribution is -0.137. The number of halogens is 3. The van der Waals surface area contributed by atoms with Crippen LogP contribution in [-0.4, -0.2) is 18.4 Å². The van der Waals surface area contributed by atoms with Crippen LogP contribution in [0.25, 0.3) is 0 Å². The van der Waals surface area contributed by atoms with Gasteiger partial charge in [0.05, 0.1) is 11.6 Å². The number of carbonyl (C=O) groups excluding carboxylic acids is 2. The highest BCUT2D eigenvalue weighted by atomic mass is 19.4. The van der Waals surface area contributed by atoms with Gasteiger partial charge in [-0.3, -0.25) is 9.59 Å². The van der Waals surface area contributed by atoms with Crippen molar-refractivity contribution in [2.24, 2.45) is 0 Å². The zero-order valence-electron chi connectivity index (χ0n) is 13.0. The van der Waals surface area contributed by atoms with E-state index in [1.54, 1.807) is 0 Å². The predicted molar refractivity (Wildman–Crippen MR) is 82.2 cm³/mol. The third-order valence-electron chi connectivity index (χ3n) is 2.87. The fourth-order valence-electron chi connectivity index (χ4n) is 1.84. The normalized spacial score (nSPS) is 11.2. The smallest absolute Gasteiger partial charge is 0.343 e. The number of carbonyl (C=O) groups is 2. The Hall–Kier alpha value is -2.93. The lowest BCUT2D eigenvalue weighted by atomic mass is 10.0. The summed E-state index contributed by atoms with van der Waals surface area (Å²) < 4.78 is 38.5. The Morgan fingerprint density at radius 3 is 2.33 bits per heavy atom. The van der Waals surface area contributed by atoms with E-state index in [1.165, 1.54) is 26.0 Å². The SMILES string of the molecule is CC#CC(=O)NC[C@@H](NC(=O)C#CC)c1cccc(C(F)(F)F)c1. The summed E-state index contributed by atoms with van der Waals surface area (Å²) in [6, 6.07) is 3.63. The third-order valence-corrected chi connectivity index (χ3v) is 2.87. The van der Waals surface area contributed by atoms with Crippen LogP contribution in [0.3, 0.4) is 0 Å². The van der Waals surface area contributed by atoms with Gasteiger partial charge < -0.3 is 10.6 Å². The number of rotatable bonds is 4. The van der Waals surface area contributed by atoms with Crippen molar-refractivity contribution < 1.29 is 22.8 Å². The zero-order valence-corrected chi connectivity index (χ0v) is 13.0. The molecule has 0 fully saturated rings. The van der Waals surface area contributed by atoms with E-state index in [0.717, 1.165) is 12.1 Å². The number of benzene rings is 1. The van der Waals surface area contributed by atoms with E-state index in [2.05, 4.69) is 34.3 Å². The van der Waals surface area contributed by atoms with Gasteiger partial charge in [-0.25, -0.2) is 0 Å². The second-order valence-electron chi connectivity index (χ2n) is 4.61. The van der Waals surface area contributed by atoms with Gasteiger partial charge >= 0.3 is 6.18 Å². The summed E-state index contributed by atoms with van der Waals surface area (Å²) in [5.41, 5.74) is -0.652. The summed E-state index contributed by atoms with van der Waals surface area (Å²) in [7, 11) is 0. The molecular weight excluding hydrogens is 321 g/mol. The zero-order chi connectivity index (χ0) is 18.2. The molecule has 0 aliphatic rings. The highest BCUT2D eigenvalue weighted by Crippen LogP contribution is 2.30. The maximum absolute atomic E-state index is 12.8. The summed E-state index contributed by atoms with van der Waals surface area (Å²) in [6.07, 6.45) is -4.51. The van der Waals surface area contributed by atoms with Crippen LogP contribution in [0.15, 0.2) is 24.3 Å². The second-order valence-corrected chi connectivity index (χ2v) is 4.61. The molecule has 0 spiro atoms. The van der Waals surface area contributed by atoms with Crippen molar-refractivity contribution in [1.29, 1.82) is 0 Å². The summed E-state index contributed by atoms with van der Waals surface area (Å²) in [4.78, 5) is 23.0. The first-order valence-corrected chi connectivity index (χ1v) is 6.89. The van der Waals surface area contributed by atoms with E-state index < -0.39 is 29.6 Å². The van der Waals surface area contributed by atoms with Crippen LogP contribution in [0.1, 0.15) is 31.0 Å². The minimum atomic E-state index is -4.51. The van der Waals surface area contributed by atoms with Gasteiger partial charge in [0.15, 0.2) is 0 Å². The van der Waals surface area contributed by atoms with Gasteiger partial charge in [-0.2, -0.15) is 13.2 Å². The fraction of sp³-hybridized carbons (Fsp3) is 0.294. The molecule has 0 aromatic heterocycles. The molecule has 0 saturated carbocycles. The minimum Gasteiger partial charge on any atom is -0.343 e. The van der Waals surface area contributed by atoms with E-state index in [1.807, 2.05) is 0 Å². The van der Waals surface area contributed by atoms with Crippen LogP contribution >= 0.6 is 0 Å². The van der Waals surface area contributed by atoms with E-state index in [0.29, 0.717) is 0 Å². The number of amides is 2. The van der Waals surface area contributed by atoms with E-state index in [4.69, 9.17) is 0 Å². The monoisotopic (exact) mass is 336 g/mol. The summed E-state index contributed by atoms with van der Waals surface area (Å²) >= 11 is 0. The van der Waals surface area contributed by atoms with Gasteiger partial charge in [-0.15, -0.1) is 0 Å². The molecular formula is C17H15F3N2O2. The topological polar surface area (TPSA) is 58.2 Å². The average molecular weight is 336 g/mol. The fourth-order valence-corrected chi connectivity index (χ4v) is 1.84. The van der Waals surface area contributed by atoms with Gasteiger partial charge in [-0.05, 0) is 43.4 Å². The largest absolute Gasteiger partial charge is 0.416 e. The summed E-state index contributed by atoms with van der Waals surface area (Å²) in [6.45, 7) is 2.81. The van der Waals surface area contributed by atoms with Gasteiger partial charge in [0.1, 0.15) is 0 Å². The van der Waals surface area contributed by atoms with Crippen LogP contribution in [-0.2, 0) is 15.8 Å². The first kappa shape index (κ1) is 19.1. The third kappa shape index (κ3) is 6.05. The maximum Gasteiger partial charge on any atom is 0.416 e. The Labute approximate surface area is 137 Å². The van der Waals surface area contributed by atoms with Gasteiger partial charge in [0.25, 0.3) is 11.8 Å². The molecule has 4 nitrogen and oxygen atoms in total. The molecule has 0 aliphatic heterocycles. The lowest BCUT2D eigenvalue weighted by Gasteiger charge is -2.19. The summed E-state index contributed by atoms with van der Waals surface area (Å²) in [5.74, 6) is 8.03. The quantitative estimate of drug-likeness (QED) is 0.827. The van der Waals surface area contributed by atoms with Crippen molar-refractivity contribution in [3.05, 3.63) is 35.4 Å². The molecule has 2 amide bonds. The highest BCUT2D eigenvalue weighted by Gasteiger charge is 2.31. The van der Waals surface area contributed by atoms with E-state index in [-0.39, 0.29) is 12.1 Å². The predicted octanol–water partition coefficient (Wildman–Crippen LogP) is 2.03. The number of nitrogens with one attached hydrogen (secondary N) is 2. The van der Waals surface area contributed by atoms with Crippen molar-refractivity contribution >= 4 is 11.8 Å². The molecule has 1 atom stereocenters. The average Bonchev–Trinajstić information content (AvgIpc) is 2.51. The number of hydrogen-bond donors (Lipinski definition) is 2. The standard InChI is InChI=1S/C17H15F3N2O2/c1-3-6-15(23)21-11-14(22-16(24)7-4-2)12-8-5-9-13(10-12)17(18,19)20/h5,8-10,14H,11H2,1-2H3,(H,21,23)(H,22,24)/t14-/m1/s1. The van der Waals surface area contributed by atoms with Crippen LogP contribution in [0.4, 0.5) is 13.2 Å². The maximum atomic E-state index is 12.8. The molecule has 1 aromatic rings. The van der Waals surface area contributed by atoms with Crippen molar-refractivity contribution in [2.45, 2.75) is 26.1 Å². The van der Waals surface area contributed by atoms with Gasteiger partial charge in [-0.1, -0.05) is 24.0 Å². The van der Waals surface area contributed by atoms with Crippen molar-refractivity contribution in [1.82, 2.24) is 10.6 Å². The van der Waals surface area contributed by atoms with Crippen molar-refractivity contribution in [3.63, 3.8) is 0 Å². The van der Waals surface area contributed by atoms with E-state index >= 15 is 0 Å². The first-order chi connectivity index (χ1) is 11.3. The lowest BCUT2D eigenvalue weighted by Crippen LogP contribution is -2.37. The molecule has 0 aliphatic carbocycles. The molecule has 2 N–H and O–H groups in total. The van der Waals surface area contributed by atoms with Crippen LogP contribution in [0.5, 0.6) is 0 Å². The Morgan fingerprint density at radius 1 is 1.12 bits per heavy atom.